The highest BCUT2D eigenvalue weighted by molar-refractivity contribution is 7.12. The van der Waals surface area contributed by atoms with Crippen LogP contribution in [0.15, 0.2) is 90.3 Å². The number of fused-ring (bicyclic) bond motifs is 5. The van der Waals surface area contributed by atoms with Crippen LogP contribution in [0.4, 0.5) is 5.69 Å². The number of Topliss-reactive ketones (excluding diaryl/α,β-unsaturated/α-hetero) is 3. The minimum absolute atomic E-state index is 0.130. The molecule has 1 fully saturated rings. The second-order valence-electron chi connectivity index (χ2n) is 9.80. The molecule has 1 aromatic heterocycles. The zero-order valence-corrected chi connectivity index (χ0v) is 22.1. The van der Waals surface area contributed by atoms with Crippen LogP contribution < -0.4 is 4.90 Å². The van der Waals surface area contributed by atoms with E-state index < -0.39 is 23.4 Å². The lowest BCUT2D eigenvalue weighted by Crippen LogP contribution is -2.48. The van der Waals surface area contributed by atoms with Gasteiger partial charge in [0.2, 0.25) is 0 Å². The van der Waals surface area contributed by atoms with Crippen LogP contribution in [0.2, 0.25) is 10.0 Å². The molecule has 0 radical (unpaired) electrons. The molecule has 0 saturated carbocycles. The minimum atomic E-state index is -1.52. The molecule has 186 valence electrons. The first-order valence-corrected chi connectivity index (χ1v) is 13.8. The van der Waals surface area contributed by atoms with Crippen molar-refractivity contribution in [2.24, 2.45) is 5.41 Å². The summed E-state index contributed by atoms with van der Waals surface area (Å²) in [7, 11) is 0. The fourth-order valence-electron chi connectivity index (χ4n) is 6.56. The molecule has 7 rings (SSSR count). The lowest BCUT2D eigenvalue weighted by Gasteiger charge is -2.37. The lowest BCUT2D eigenvalue weighted by molar-refractivity contribution is 0.0666. The van der Waals surface area contributed by atoms with E-state index in [1.807, 2.05) is 52.8 Å². The Bertz CT molecular complexity index is 1640. The van der Waals surface area contributed by atoms with Crippen LogP contribution >= 0.6 is 34.5 Å². The number of benzene rings is 3. The summed E-state index contributed by atoms with van der Waals surface area (Å²) in [5, 5.41) is 2.96. The molecule has 0 bridgehead atoms. The molecule has 4 aromatic rings. The van der Waals surface area contributed by atoms with E-state index in [1.165, 1.54) is 11.3 Å². The largest absolute Gasteiger partial charge is 0.352 e. The third-order valence-electron chi connectivity index (χ3n) is 8.03. The molecule has 3 aromatic carbocycles. The van der Waals surface area contributed by atoms with E-state index in [2.05, 4.69) is 0 Å². The Balaban J connectivity index is 1.56. The monoisotopic (exact) mass is 555 g/mol. The highest BCUT2D eigenvalue weighted by Crippen LogP contribution is 2.61. The number of carbonyl (C=O) groups is 3. The number of ketones is 3. The molecule has 3 unspecified atom stereocenters. The van der Waals surface area contributed by atoms with Gasteiger partial charge in [-0.1, -0.05) is 77.8 Å². The molecule has 1 aliphatic carbocycles. The van der Waals surface area contributed by atoms with Gasteiger partial charge in [-0.25, -0.2) is 0 Å². The van der Waals surface area contributed by atoms with E-state index in [0.717, 1.165) is 16.8 Å². The van der Waals surface area contributed by atoms with Crippen molar-refractivity contribution in [2.45, 2.75) is 18.0 Å². The van der Waals surface area contributed by atoms with Gasteiger partial charge in [-0.2, -0.15) is 0 Å². The van der Waals surface area contributed by atoms with E-state index >= 15 is 0 Å². The SMILES string of the molecule is O=C(c1cccs1)C1C(c2ccc(Cl)cc2)C2(C(=O)c3ccccc3C2=O)C2C=Cc3cc(Cl)ccc3N12. The summed E-state index contributed by atoms with van der Waals surface area (Å²) in [4.78, 5) is 46.0. The van der Waals surface area contributed by atoms with Gasteiger partial charge in [0, 0.05) is 32.8 Å². The van der Waals surface area contributed by atoms with E-state index in [9.17, 15) is 14.4 Å². The van der Waals surface area contributed by atoms with E-state index in [4.69, 9.17) is 23.2 Å². The molecule has 3 atom stereocenters. The van der Waals surface area contributed by atoms with Crippen LogP contribution in [0.3, 0.4) is 0 Å². The number of anilines is 1. The van der Waals surface area contributed by atoms with Crippen molar-refractivity contribution >= 4 is 63.7 Å². The van der Waals surface area contributed by atoms with Crippen LogP contribution in [-0.4, -0.2) is 29.4 Å². The molecule has 3 aliphatic rings. The molecule has 3 heterocycles. The Kier molecular flexibility index (Phi) is 5.28. The third kappa shape index (κ3) is 3.07. The first kappa shape index (κ1) is 23.6. The van der Waals surface area contributed by atoms with Gasteiger partial charge in [0.05, 0.1) is 10.9 Å². The second-order valence-corrected chi connectivity index (χ2v) is 11.6. The Labute approximate surface area is 233 Å². The van der Waals surface area contributed by atoms with Crippen molar-refractivity contribution in [1.82, 2.24) is 0 Å². The highest BCUT2D eigenvalue weighted by Gasteiger charge is 2.71. The standard InChI is InChI=1S/C31H19Cl2NO3S/c32-19-10-7-17(8-11-19)26-27(28(35)24-6-3-15-38-24)34-23-13-12-20(33)16-18(23)9-14-25(34)31(26)29(36)21-4-1-2-5-22(21)30(31)37/h1-16,25-27H. The maximum absolute atomic E-state index is 14.5. The number of hydrogen-bond donors (Lipinski definition) is 0. The predicted octanol–water partition coefficient (Wildman–Crippen LogP) is 7.37. The smallest absolute Gasteiger partial charge is 0.195 e. The van der Waals surface area contributed by atoms with Crippen molar-refractivity contribution in [2.75, 3.05) is 4.90 Å². The van der Waals surface area contributed by atoms with E-state index in [1.54, 1.807) is 48.5 Å². The summed E-state index contributed by atoms with van der Waals surface area (Å²) in [6.45, 7) is 0. The van der Waals surface area contributed by atoms with Crippen molar-refractivity contribution in [3.05, 3.63) is 127 Å². The van der Waals surface area contributed by atoms with Gasteiger partial charge in [-0.15, -0.1) is 11.3 Å². The Morgan fingerprint density at radius 1 is 0.842 bits per heavy atom. The van der Waals surface area contributed by atoms with Gasteiger partial charge in [0.25, 0.3) is 0 Å². The molecular weight excluding hydrogens is 537 g/mol. The molecule has 2 aliphatic heterocycles. The minimum Gasteiger partial charge on any atom is -0.352 e. The average Bonchev–Trinajstić information content (AvgIpc) is 3.62. The fourth-order valence-corrected chi connectivity index (χ4v) is 7.56. The molecule has 1 saturated heterocycles. The molecule has 7 heteroatoms. The summed E-state index contributed by atoms with van der Waals surface area (Å²) in [5.74, 6) is -1.39. The van der Waals surface area contributed by atoms with Crippen LogP contribution in [0.25, 0.3) is 6.08 Å². The number of thiophene rings is 1. The Morgan fingerprint density at radius 3 is 2.18 bits per heavy atom. The van der Waals surface area contributed by atoms with Crippen LogP contribution in [0.5, 0.6) is 0 Å². The van der Waals surface area contributed by atoms with Gasteiger partial charge in [0.1, 0.15) is 11.5 Å². The van der Waals surface area contributed by atoms with Gasteiger partial charge in [0.15, 0.2) is 17.3 Å². The highest BCUT2D eigenvalue weighted by atomic mass is 35.5. The number of nitrogens with zero attached hydrogens (tertiary/aromatic N) is 1. The normalized spacial score (nSPS) is 22.5. The van der Waals surface area contributed by atoms with Gasteiger partial charge >= 0.3 is 0 Å². The third-order valence-corrected chi connectivity index (χ3v) is 9.40. The quantitative estimate of drug-likeness (QED) is 0.195. The summed E-state index contributed by atoms with van der Waals surface area (Å²) >= 11 is 13.9. The zero-order valence-electron chi connectivity index (χ0n) is 19.8. The Morgan fingerprint density at radius 2 is 1.53 bits per heavy atom. The summed E-state index contributed by atoms with van der Waals surface area (Å²) < 4.78 is 0. The molecule has 1 spiro atoms. The summed E-state index contributed by atoms with van der Waals surface area (Å²) in [6, 6.07) is 21.8. The Hall–Kier alpha value is -3.51. The van der Waals surface area contributed by atoms with Crippen LogP contribution in [-0.2, 0) is 0 Å². The van der Waals surface area contributed by atoms with Crippen molar-refractivity contribution in [3.63, 3.8) is 0 Å². The fraction of sp³-hybridized carbons (Fsp3) is 0.129. The van der Waals surface area contributed by atoms with Crippen molar-refractivity contribution in [1.29, 1.82) is 0 Å². The summed E-state index contributed by atoms with van der Waals surface area (Å²) in [6.07, 6.45) is 3.80. The number of hydrogen-bond acceptors (Lipinski definition) is 5. The number of rotatable bonds is 3. The average molecular weight is 556 g/mol. The van der Waals surface area contributed by atoms with Crippen LogP contribution in [0, 0.1) is 5.41 Å². The van der Waals surface area contributed by atoms with Crippen molar-refractivity contribution in [3.8, 4) is 0 Å². The lowest BCUT2D eigenvalue weighted by atomic mass is 9.64. The van der Waals surface area contributed by atoms with Gasteiger partial charge < -0.3 is 4.90 Å². The molecular formula is C31H19Cl2NO3S. The maximum atomic E-state index is 14.5. The zero-order chi connectivity index (χ0) is 26.2. The summed E-state index contributed by atoms with van der Waals surface area (Å²) in [5.41, 5.74) is 1.59. The van der Waals surface area contributed by atoms with E-state index in [-0.39, 0.29) is 17.3 Å². The molecule has 4 nitrogen and oxygen atoms in total. The first-order chi connectivity index (χ1) is 18.4. The maximum Gasteiger partial charge on any atom is 0.195 e. The van der Waals surface area contributed by atoms with Gasteiger partial charge in [-0.3, -0.25) is 14.4 Å². The first-order valence-electron chi connectivity index (χ1n) is 12.2. The van der Waals surface area contributed by atoms with E-state index in [0.29, 0.717) is 26.0 Å². The molecule has 0 amide bonds. The molecule has 38 heavy (non-hydrogen) atoms. The molecule has 0 N–H and O–H groups in total. The number of carbonyl (C=O) groups excluding carboxylic acids is 3. The topological polar surface area (TPSA) is 54.5 Å². The van der Waals surface area contributed by atoms with Gasteiger partial charge in [-0.05, 0) is 52.9 Å². The second kappa shape index (κ2) is 8.50. The predicted molar refractivity (Wildman–Crippen MR) is 151 cm³/mol. The number of halogens is 2. The van der Waals surface area contributed by atoms with Crippen molar-refractivity contribution < 1.29 is 14.4 Å². The van der Waals surface area contributed by atoms with Crippen LogP contribution in [0.1, 0.15) is 47.4 Å².